The van der Waals surface area contributed by atoms with E-state index in [0.717, 1.165) is 159 Å². The van der Waals surface area contributed by atoms with E-state index in [9.17, 15) is 19.2 Å². The van der Waals surface area contributed by atoms with E-state index in [0.29, 0.717) is 22.6 Å². The number of hydrogen-bond donors (Lipinski definition) is 4. The molecule has 3 aromatic heterocycles. The number of nitrogens with two attached hydrogens (primary N) is 2. The van der Waals surface area contributed by atoms with Crippen molar-refractivity contribution in [2.75, 3.05) is 103 Å². The number of para-hydroxylation sites is 5. The van der Waals surface area contributed by atoms with Crippen LogP contribution in [0.25, 0.3) is 30.6 Å². The molecule has 7 fully saturated rings. The van der Waals surface area contributed by atoms with Gasteiger partial charge in [0.2, 0.25) is 11.8 Å². The number of thiazole rings is 3. The van der Waals surface area contributed by atoms with Crippen molar-refractivity contribution in [1.29, 1.82) is 0 Å². The van der Waals surface area contributed by atoms with Crippen LogP contribution in [-0.4, -0.2) is 181 Å². The number of ether oxygens (including phenoxy) is 1. The van der Waals surface area contributed by atoms with Gasteiger partial charge in [-0.2, -0.15) is 0 Å². The number of benzene rings is 9. The van der Waals surface area contributed by atoms with Gasteiger partial charge in [0.05, 0.1) is 55.0 Å². The Balaban J connectivity index is 0.000000146. The van der Waals surface area contributed by atoms with Crippen LogP contribution in [0, 0.1) is 0 Å². The number of carbonyl (C=O) groups is 4. The van der Waals surface area contributed by atoms with E-state index in [-0.39, 0.29) is 32.4 Å². The third kappa shape index (κ3) is 43.7. The maximum Gasteiger partial charge on any atom is 0.336 e. The number of rotatable bonds is 25. The number of anilines is 2. The van der Waals surface area contributed by atoms with Crippen molar-refractivity contribution in [3.8, 4) is 0 Å². The Morgan fingerprint density at radius 3 is 1.06 bits per heavy atom. The number of aromatic nitrogens is 3. The first-order valence-corrected chi connectivity index (χ1v) is 74.6. The predicted molar refractivity (Wildman–Crippen MR) is 660 cm³/mol. The van der Waals surface area contributed by atoms with Gasteiger partial charge in [-0.3, -0.25) is 18.2 Å². The third-order valence-corrected chi connectivity index (χ3v) is 59.1. The number of amides is 2. The van der Waals surface area contributed by atoms with Gasteiger partial charge in [-0.25, -0.2) is 37.5 Å². The van der Waals surface area contributed by atoms with Gasteiger partial charge >= 0.3 is 11.9 Å². The molecular formula is C97H112N12O7S27. The lowest BCUT2D eigenvalue weighted by atomic mass is 10.1. The van der Waals surface area contributed by atoms with E-state index < -0.39 is 11.9 Å². The number of carbonyl (C=O) groups excluding carboxylic acids is 2. The molecular weight excluding hydrogens is 2310 g/mol. The summed E-state index contributed by atoms with van der Waals surface area (Å²) in [6, 6.07) is 74.6. The van der Waals surface area contributed by atoms with Gasteiger partial charge in [0, 0.05) is 176 Å². The Bertz CT molecular complexity index is 5730. The monoisotopic (exact) mass is 2420 g/mol. The quantitative estimate of drug-likeness (QED) is 0.0137. The first-order valence-electron chi connectivity index (χ1n) is 46.4. The second-order valence-corrected chi connectivity index (χ2v) is 65.1. The van der Waals surface area contributed by atoms with Gasteiger partial charge in [0.15, 0.2) is 13.0 Å². The standard InChI is InChI=1S/C14H8N2S4.C14H10O4S2.C12H20N2O2S2.C12H20N2S8.C12H14N2S3.C12H12N2S2.C12H10S4.C9H18N2OS2/c1-3-7-11-9(5-1)15-13(17-11)19-20-14-16-10-6-2-4-8-12(10)18-14;15-13(16)9-5-1-3-7-11(9)19-20-12-8-4-2-6-10(12)14(17)18;15-11-7-3-1-5-9-13(11)17-18-14-10-6-2-4-8-12(14)16;15-11(13-7-3-1-4-8-13)22(21-20-19-18-17)12(16)14-9-5-2-6-10-14;1-4-8-14(9-5-1)17-16-12-13-10-6-2-3-7-11(10)15-12;13-9-5-1-3-7-11(9)15-16-12-8-4-2-6-10(12)14;1-3-7-11(8-4-1)13-15-16-14-12-9-5-2-6-10-12;1-2-4-10(5-3-1)13-14-11-6-8-12-9-7-11/h1-8H;1-8H,(H,15,16)(H,17,18);1-10H2;1-10H2;2-3,6-7H,1,4-5,8-9H2;1-8H,13-14H2;1-10H;1-9H2. The average Bonchev–Trinajstić information content (AvgIpc) is 1.65. The summed E-state index contributed by atoms with van der Waals surface area (Å²) in [5.74, 6) is -1.57. The normalized spacial score (nSPS) is 15.8. The molecule has 9 aromatic carbocycles. The zero-order valence-electron chi connectivity index (χ0n) is 78.1. The van der Waals surface area contributed by atoms with E-state index in [1.54, 1.807) is 192 Å². The first kappa shape index (κ1) is 118. The molecule has 0 saturated carbocycles. The zero-order chi connectivity index (χ0) is 100. The molecule has 7 aliphatic heterocycles. The first-order chi connectivity index (χ1) is 70.1. The topological polar surface area (TPSA) is 231 Å². The Kier molecular flexibility index (Phi) is 57.5. The molecule has 19 nitrogen and oxygen atoms in total. The van der Waals surface area contributed by atoms with Gasteiger partial charge in [0.25, 0.3) is 0 Å². The van der Waals surface area contributed by atoms with Gasteiger partial charge in [-0.05, 0) is 340 Å². The zero-order valence-corrected chi connectivity index (χ0v) is 100. The van der Waals surface area contributed by atoms with Crippen molar-refractivity contribution in [2.24, 2.45) is 0 Å². The Labute approximate surface area is 944 Å². The average molecular weight is 2420 g/mol. The van der Waals surface area contributed by atoms with Crippen LogP contribution < -0.4 is 11.5 Å². The van der Waals surface area contributed by atoms with Gasteiger partial charge in [-0.1, -0.05) is 215 Å². The lowest BCUT2D eigenvalue weighted by molar-refractivity contribution is -0.126. The minimum absolute atomic E-state index is 0.197. The van der Waals surface area contributed by atoms with E-state index >= 15 is 0 Å². The summed E-state index contributed by atoms with van der Waals surface area (Å²) in [5, 5.41) is 18.2. The molecule has 0 unspecified atom stereocenters. The van der Waals surface area contributed by atoms with E-state index in [2.05, 4.69) is 141 Å². The maximum atomic E-state index is 11.8. The van der Waals surface area contributed by atoms with Crippen LogP contribution in [0.3, 0.4) is 0 Å². The van der Waals surface area contributed by atoms with Crippen LogP contribution in [0.5, 0.6) is 0 Å². The molecule has 7 saturated heterocycles. The molecule has 764 valence electrons. The molecule has 0 aliphatic carbocycles. The summed E-state index contributed by atoms with van der Waals surface area (Å²) in [4.78, 5) is 70.4. The minimum Gasteiger partial charge on any atom is -0.478 e. The summed E-state index contributed by atoms with van der Waals surface area (Å²) in [7, 11) is 33.0. The molecule has 6 N–H and O–H groups in total. The number of fused-ring (bicyclic) bond motifs is 3. The van der Waals surface area contributed by atoms with Gasteiger partial charge in [-0.15, -0.1) is 34.0 Å². The van der Waals surface area contributed by atoms with Crippen molar-refractivity contribution in [2.45, 2.75) is 171 Å². The van der Waals surface area contributed by atoms with Crippen molar-refractivity contribution in [3.05, 3.63) is 242 Å². The van der Waals surface area contributed by atoms with Crippen molar-refractivity contribution in [1.82, 2.24) is 46.3 Å². The molecule has 2 amide bonds. The number of thiocarbonyl (C=S) groups is 2. The van der Waals surface area contributed by atoms with Crippen LogP contribution in [0.15, 0.2) is 273 Å². The highest BCUT2D eigenvalue weighted by Crippen LogP contribution is 2.50. The number of aromatic carboxylic acids is 2. The maximum absolute atomic E-state index is 11.8. The fraction of sp³-hybridized carbons (Fsp3) is 0.351. The number of carboxylic acids is 2. The highest BCUT2D eigenvalue weighted by Gasteiger charge is 2.27. The molecule has 10 heterocycles. The van der Waals surface area contributed by atoms with E-state index in [1.165, 1.54) is 196 Å². The predicted octanol–water partition coefficient (Wildman–Crippen LogP) is 31.1. The Morgan fingerprint density at radius 1 is 0.343 bits per heavy atom. The molecule has 12 aromatic rings. The SMILES string of the molecule is C1CCN(SSN2CCOCC2)CC1.Nc1ccccc1SSc1ccccc1N.O=C(O)c1ccccc1SSc1ccccc1C(=O)O.O=C1CCCCCN1SSN1CCCCCC1=O.S=S=S=S=S=S(C(=S)N1CCCCC1)C(=S)N1CCCCC1.c1ccc(SSSSc2ccccc2)cc1.c1ccc2sc(SSN3CCCCC3)nc2c1.c1ccc2sc(SSc3nc4ccccc4s3)nc2c1. The number of likely N-dealkylation sites (tertiary alicyclic amines) is 2. The Hall–Kier alpha value is -3.20. The number of carboxylic acid groups (broad SMARTS) is 2. The Morgan fingerprint density at radius 2 is 0.671 bits per heavy atom. The fourth-order valence-corrected chi connectivity index (χ4v) is 50.0. The number of piperidine rings is 4. The number of nitrogen functional groups attached to an aromatic ring is 2. The van der Waals surface area contributed by atoms with E-state index in [4.69, 9.17) is 62.0 Å². The van der Waals surface area contributed by atoms with Crippen LogP contribution in [0.1, 0.15) is 149 Å². The molecule has 0 bridgehead atoms. The third-order valence-electron chi connectivity index (χ3n) is 21.3. The summed E-state index contributed by atoms with van der Waals surface area (Å²) < 4.78 is 25.5. The molecule has 19 rings (SSSR count). The smallest absolute Gasteiger partial charge is 0.336 e. The summed E-state index contributed by atoms with van der Waals surface area (Å²) in [5.41, 5.74) is 17.0. The van der Waals surface area contributed by atoms with Crippen molar-refractivity contribution >= 4 is 361 Å². The van der Waals surface area contributed by atoms with Crippen LogP contribution in [-0.2, 0) is 70.5 Å². The second-order valence-electron chi connectivity index (χ2n) is 31.7. The fourth-order valence-electron chi connectivity index (χ4n) is 13.9. The van der Waals surface area contributed by atoms with Crippen LogP contribution >= 0.6 is 230 Å². The molecule has 46 heteroatoms. The number of nitrogens with zero attached hydrogens (tertiary/aromatic N) is 10. The van der Waals surface area contributed by atoms with Gasteiger partial charge < -0.3 is 36.2 Å². The molecule has 0 radical (unpaired) electrons. The molecule has 7 aliphatic rings. The second kappa shape index (κ2) is 69.5. The number of hydrogen-bond acceptors (Lipinski definition) is 35. The summed E-state index contributed by atoms with van der Waals surface area (Å²) in [6.45, 7) is 14.9. The number of morpholine rings is 1. The largest absolute Gasteiger partial charge is 0.478 e. The van der Waals surface area contributed by atoms with Crippen LogP contribution in [0.4, 0.5) is 11.4 Å². The highest BCUT2D eigenvalue weighted by molar-refractivity contribution is 9.26. The summed E-state index contributed by atoms with van der Waals surface area (Å²) in [6.07, 6.45) is 23.6. The lowest BCUT2D eigenvalue weighted by Crippen LogP contribution is -2.43. The minimum atomic E-state index is -1.000. The van der Waals surface area contributed by atoms with Gasteiger partial charge in [0.1, 0.15) is 8.64 Å². The van der Waals surface area contributed by atoms with Crippen molar-refractivity contribution < 1.29 is 34.1 Å². The summed E-state index contributed by atoms with van der Waals surface area (Å²) >= 11 is 21.9. The molecule has 0 atom stereocenters. The molecule has 143 heavy (non-hydrogen) atoms. The van der Waals surface area contributed by atoms with Crippen molar-refractivity contribution in [3.63, 3.8) is 0 Å². The highest BCUT2D eigenvalue weighted by atomic mass is 33.7. The lowest BCUT2D eigenvalue weighted by Gasteiger charge is -2.33. The van der Waals surface area contributed by atoms with E-state index in [1.807, 2.05) is 120 Å². The van der Waals surface area contributed by atoms with Crippen LogP contribution in [0.2, 0.25) is 0 Å². The molecule has 0 spiro atoms.